The highest BCUT2D eigenvalue weighted by Crippen LogP contribution is 2.26. The maximum absolute atomic E-state index is 5.76. The highest BCUT2D eigenvalue weighted by atomic mass is 16.5. The predicted molar refractivity (Wildman–Crippen MR) is 80.1 cm³/mol. The topological polar surface area (TPSA) is 48.3 Å². The third-order valence-electron chi connectivity index (χ3n) is 3.67. The Morgan fingerprint density at radius 3 is 3.05 bits per heavy atom. The van der Waals surface area contributed by atoms with E-state index in [0.717, 1.165) is 50.7 Å². The Morgan fingerprint density at radius 1 is 1.55 bits per heavy atom. The molecule has 1 atom stereocenters. The highest BCUT2D eigenvalue weighted by molar-refractivity contribution is 5.30. The zero-order valence-electron chi connectivity index (χ0n) is 13.1. The second-order valence-electron chi connectivity index (χ2n) is 6.19. The summed E-state index contributed by atoms with van der Waals surface area (Å²) < 4.78 is 13.1. The first-order valence-corrected chi connectivity index (χ1v) is 7.43. The van der Waals surface area contributed by atoms with Gasteiger partial charge >= 0.3 is 0 Å². The van der Waals surface area contributed by atoms with Crippen LogP contribution in [0.15, 0.2) is 6.20 Å². The van der Waals surface area contributed by atoms with Crippen LogP contribution in [0.25, 0.3) is 0 Å². The number of hydrogen-bond donors (Lipinski definition) is 1. The zero-order chi connectivity index (χ0) is 14.6. The lowest BCUT2D eigenvalue weighted by molar-refractivity contribution is -0.0554. The van der Waals surface area contributed by atoms with Crippen molar-refractivity contribution >= 4 is 5.95 Å². The van der Waals surface area contributed by atoms with Crippen molar-refractivity contribution in [3.63, 3.8) is 0 Å². The molecule has 2 rings (SSSR count). The SMILES string of the molecule is COCCCn1cc(C)nc1NC1CCOC(C)(C)C1. The summed E-state index contributed by atoms with van der Waals surface area (Å²) in [6.45, 7) is 8.86. The monoisotopic (exact) mass is 281 g/mol. The Bertz CT molecular complexity index is 429. The van der Waals surface area contributed by atoms with E-state index in [0.29, 0.717) is 6.04 Å². The molecule has 5 heteroatoms. The van der Waals surface area contributed by atoms with Crippen molar-refractivity contribution in [1.29, 1.82) is 0 Å². The first-order chi connectivity index (χ1) is 9.50. The second-order valence-corrected chi connectivity index (χ2v) is 6.19. The summed E-state index contributed by atoms with van der Waals surface area (Å²) in [7, 11) is 1.74. The lowest BCUT2D eigenvalue weighted by atomic mass is 9.94. The van der Waals surface area contributed by atoms with E-state index in [-0.39, 0.29) is 5.60 Å². The smallest absolute Gasteiger partial charge is 0.203 e. The molecule has 0 aromatic carbocycles. The number of nitrogens with zero attached hydrogens (tertiary/aromatic N) is 2. The van der Waals surface area contributed by atoms with E-state index in [1.54, 1.807) is 7.11 Å². The molecule has 20 heavy (non-hydrogen) atoms. The molecule has 1 aromatic heterocycles. The average Bonchev–Trinajstić information content (AvgIpc) is 2.69. The van der Waals surface area contributed by atoms with Crippen LogP contribution in [0.3, 0.4) is 0 Å². The van der Waals surface area contributed by atoms with Crippen LogP contribution in [-0.4, -0.2) is 41.5 Å². The lowest BCUT2D eigenvalue weighted by Crippen LogP contribution is -2.40. The molecular formula is C15H27N3O2. The van der Waals surface area contributed by atoms with Gasteiger partial charge < -0.3 is 19.4 Å². The molecule has 1 N–H and O–H groups in total. The lowest BCUT2D eigenvalue weighted by Gasteiger charge is -2.36. The van der Waals surface area contributed by atoms with Crippen LogP contribution in [0.5, 0.6) is 0 Å². The van der Waals surface area contributed by atoms with Gasteiger partial charge in [-0.2, -0.15) is 0 Å². The third-order valence-corrected chi connectivity index (χ3v) is 3.67. The van der Waals surface area contributed by atoms with Gasteiger partial charge in [-0.1, -0.05) is 0 Å². The summed E-state index contributed by atoms with van der Waals surface area (Å²) in [5.74, 6) is 0.973. The van der Waals surface area contributed by atoms with E-state index in [2.05, 4.69) is 34.9 Å². The third kappa shape index (κ3) is 4.21. The molecular weight excluding hydrogens is 254 g/mol. The van der Waals surface area contributed by atoms with E-state index in [9.17, 15) is 0 Å². The number of anilines is 1. The van der Waals surface area contributed by atoms with Gasteiger partial charge in [-0.05, 0) is 40.0 Å². The van der Waals surface area contributed by atoms with E-state index in [4.69, 9.17) is 9.47 Å². The minimum absolute atomic E-state index is 0.0432. The summed E-state index contributed by atoms with van der Waals surface area (Å²) >= 11 is 0. The largest absolute Gasteiger partial charge is 0.385 e. The van der Waals surface area contributed by atoms with Crippen LogP contribution in [0, 0.1) is 6.92 Å². The number of hydrogen-bond acceptors (Lipinski definition) is 4. The molecule has 1 saturated heterocycles. The first-order valence-electron chi connectivity index (χ1n) is 7.43. The Hall–Kier alpha value is -1.07. The molecule has 1 aliphatic rings. The zero-order valence-corrected chi connectivity index (χ0v) is 13.1. The van der Waals surface area contributed by atoms with E-state index in [1.807, 2.05) is 6.92 Å². The summed E-state index contributed by atoms with van der Waals surface area (Å²) in [4.78, 5) is 4.60. The predicted octanol–water partition coefficient (Wildman–Crippen LogP) is 2.60. The summed E-state index contributed by atoms with van der Waals surface area (Å²) in [6.07, 6.45) is 5.15. The number of aryl methyl sites for hydroxylation is 2. The summed E-state index contributed by atoms with van der Waals surface area (Å²) in [6, 6.07) is 0.432. The molecule has 0 amide bonds. The van der Waals surface area contributed by atoms with Gasteiger partial charge in [0, 0.05) is 39.1 Å². The standard InChI is InChI=1S/C15H27N3O2/c1-12-11-18(7-5-8-19-4)14(16-12)17-13-6-9-20-15(2,3)10-13/h11,13H,5-10H2,1-4H3,(H,16,17). The molecule has 114 valence electrons. The maximum Gasteiger partial charge on any atom is 0.203 e. The number of rotatable bonds is 6. The first kappa shape index (κ1) is 15.3. The van der Waals surface area contributed by atoms with Crippen LogP contribution in [0.1, 0.15) is 38.8 Å². The summed E-state index contributed by atoms with van der Waals surface area (Å²) in [5, 5.41) is 3.58. The van der Waals surface area contributed by atoms with Crippen molar-refractivity contribution in [2.24, 2.45) is 0 Å². The fourth-order valence-electron chi connectivity index (χ4n) is 2.75. The summed E-state index contributed by atoms with van der Waals surface area (Å²) in [5.41, 5.74) is 1.01. The van der Waals surface area contributed by atoms with Crippen LogP contribution in [-0.2, 0) is 16.0 Å². The Balaban J connectivity index is 1.97. The Kier molecular flexibility index (Phi) is 5.05. The quantitative estimate of drug-likeness (QED) is 0.814. The van der Waals surface area contributed by atoms with Gasteiger partial charge in [-0.15, -0.1) is 0 Å². The number of nitrogens with one attached hydrogen (secondary N) is 1. The van der Waals surface area contributed by atoms with Crippen LogP contribution in [0.2, 0.25) is 0 Å². The van der Waals surface area contributed by atoms with Crippen LogP contribution in [0.4, 0.5) is 5.95 Å². The number of ether oxygens (including phenoxy) is 2. The van der Waals surface area contributed by atoms with Crippen LogP contribution < -0.4 is 5.32 Å². The fraction of sp³-hybridized carbons (Fsp3) is 0.800. The highest BCUT2D eigenvalue weighted by Gasteiger charge is 2.29. The molecule has 0 aliphatic carbocycles. The fourth-order valence-corrected chi connectivity index (χ4v) is 2.75. The minimum atomic E-state index is -0.0432. The molecule has 2 heterocycles. The molecule has 5 nitrogen and oxygen atoms in total. The van der Waals surface area contributed by atoms with Gasteiger partial charge in [-0.3, -0.25) is 0 Å². The molecule has 1 aromatic rings. The number of aromatic nitrogens is 2. The minimum Gasteiger partial charge on any atom is -0.385 e. The molecule has 0 bridgehead atoms. The van der Waals surface area contributed by atoms with E-state index in [1.165, 1.54) is 0 Å². The molecule has 1 unspecified atom stereocenters. The van der Waals surface area contributed by atoms with Crippen molar-refractivity contribution in [3.8, 4) is 0 Å². The normalized spacial score (nSPS) is 21.9. The van der Waals surface area contributed by atoms with Gasteiger partial charge in [0.2, 0.25) is 5.95 Å². The van der Waals surface area contributed by atoms with Crippen molar-refractivity contribution < 1.29 is 9.47 Å². The Labute approximate surface area is 121 Å². The van der Waals surface area contributed by atoms with Gasteiger partial charge in [0.05, 0.1) is 11.3 Å². The van der Waals surface area contributed by atoms with Gasteiger partial charge in [0.1, 0.15) is 0 Å². The molecule has 1 aliphatic heterocycles. The number of imidazole rings is 1. The second kappa shape index (κ2) is 6.59. The van der Waals surface area contributed by atoms with Gasteiger partial charge in [0.25, 0.3) is 0 Å². The average molecular weight is 281 g/mol. The van der Waals surface area contributed by atoms with Crippen molar-refractivity contribution in [1.82, 2.24) is 9.55 Å². The Morgan fingerprint density at radius 2 is 2.35 bits per heavy atom. The number of methoxy groups -OCH3 is 1. The van der Waals surface area contributed by atoms with Crippen molar-refractivity contribution in [2.45, 2.75) is 58.2 Å². The van der Waals surface area contributed by atoms with Crippen molar-refractivity contribution in [3.05, 3.63) is 11.9 Å². The van der Waals surface area contributed by atoms with E-state index >= 15 is 0 Å². The van der Waals surface area contributed by atoms with Gasteiger partial charge in [-0.25, -0.2) is 4.98 Å². The van der Waals surface area contributed by atoms with E-state index < -0.39 is 0 Å². The molecule has 0 saturated carbocycles. The molecule has 1 fully saturated rings. The van der Waals surface area contributed by atoms with Crippen LogP contribution >= 0.6 is 0 Å². The molecule has 0 radical (unpaired) electrons. The van der Waals surface area contributed by atoms with Gasteiger partial charge in [0.15, 0.2) is 0 Å². The maximum atomic E-state index is 5.76. The molecule has 0 spiro atoms. The van der Waals surface area contributed by atoms with Crippen molar-refractivity contribution in [2.75, 3.05) is 25.6 Å².